The van der Waals surface area contributed by atoms with Crippen LogP contribution in [-0.2, 0) is 19.1 Å². The van der Waals surface area contributed by atoms with Gasteiger partial charge in [0.1, 0.15) is 0 Å². The number of aryl methyl sites for hydroxylation is 2. The van der Waals surface area contributed by atoms with Crippen LogP contribution in [0.25, 0.3) is 0 Å². The second-order valence-electron chi connectivity index (χ2n) is 7.20. The minimum Gasteiger partial charge on any atom is -0.419 e. The van der Waals surface area contributed by atoms with Crippen molar-refractivity contribution in [1.82, 2.24) is 0 Å². The molecule has 0 spiro atoms. The summed E-state index contributed by atoms with van der Waals surface area (Å²) in [7, 11) is 0. The van der Waals surface area contributed by atoms with Gasteiger partial charge in [-0.1, -0.05) is 29.8 Å². The quantitative estimate of drug-likeness (QED) is 0.467. The predicted octanol–water partition coefficient (Wildman–Crippen LogP) is 3.69. The Hall–Kier alpha value is -3.61. The average Bonchev–Trinajstić information content (AvgIpc) is 2.62. The molecule has 3 rings (SSSR count). The highest BCUT2D eigenvalue weighted by molar-refractivity contribution is 6.15. The number of cyclic esters (lactones) is 2. The van der Waals surface area contributed by atoms with Gasteiger partial charge in [-0.15, -0.1) is 0 Å². The van der Waals surface area contributed by atoms with E-state index in [2.05, 4.69) is 10.6 Å². The van der Waals surface area contributed by atoms with E-state index >= 15 is 0 Å². The van der Waals surface area contributed by atoms with Crippen LogP contribution < -0.4 is 10.6 Å². The summed E-state index contributed by atoms with van der Waals surface area (Å²) in [5.74, 6) is -3.23. The third-order valence-corrected chi connectivity index (χ3v) is 4.29. The number of hydrogen-bond acceptors (Lipinski definition) is 6. The van der Waals surface area contributed by atoms with Crippen LogP contribution in [0.1, 0.15) is 35.3 Å². The van der Waals surface area contributed by atoms with Gasteiger partial charge in [0.25, 0.3) is 11.7 Å². The molecule has 1 aliphatic heterocycles. The second-order valence-corrected chi connectivity index (χ2v) is 7.20. The molecule has 7 heteroatoms. The fourth-order valence-electron chi connectivity index (χ4n) is 2.88. The highest BCUT2D eigenvalue weighted by atomic mass is 16.7. The normalized spacial score (nSPS) is 15.2. The molecule has 1 heterocycles. The van der Waals surface area contributed by atoms with Crippen LogP contribution >= 0.6 is 0 Å². The zero-order chi connectivity index (χ0) is 21.2. The maximum atomic E-state index is 12.8. The molecule has 0 bridgehead atoms. The highest BCUT2D eigenvalue weighted by Gasteiger charge is 2.39. The lowest BCUT2D eigenvalue weighted by Gasteiger charge is -2.29. The van der Waals surface area contributed by atoms with Gasteiger partial charge in [-0.05, 0) is 37.6 Å². The number of benzene rings is 2. The number of amides is 1. The van der Waals surface area contributed by atoms with E-state index in [0.717, 1.165) is 11.1 Å². The third kappa shape index (κ3) is 4.63. The topological polar surface area (TPSA) is 93.7 Å². The molecule has 1 amide bonds. The molecule has 0 atom stereocenters. The molecule has 0 saturated carbocycles. The fourth-order valence-corrected chi connectivity index (χ4v) is 2.88. The molecule has 0 aliphatic carbocycles. The average molecular weight is 394 g/mol. The predicted molar refractivity (Wildman–Crippen MR) is 108 cm³/mol. The van der Waals surface area contributed by atoms with Gasteiger partial charge in [-0.2, -0.15) is 0 Å². The Morgan fingerprint density at radius 1 is 0.966 bits per heavy atom. The van der Waals surface area contributed by atoms with Crippen LogP contribution in [-0.4, -0.2) is 23.6 Å². The molecular formula is C22H22N2O5. The molecule has 1 aliphatic rings. The number of carbonyl (C=O) groups is 3. The molecular weight excluding hydrogens is 372 g/mol. The monoisotopic (exact) mass is 394 g/mol. The Balaban J connectivity index is 1.81. The second kappa shape index (κ2) is 7.79. The molecule has 1 fully saturated rings. The van der Waals surface area contributed by atoms with E-state index in [4.69, 9.17) is 9.47 Å². The Labute approximate surface area is 168 Å². The van der Waals surface area contributed by atoms with Crippen LogP contribution in [0.15, 0.2) is 54.2 Å². The molecule has 2 aromatic carbocycles. The molecule has 0 aromatic heterocycles. The summed E-state index contributed by atoms with van der Waals surface area (Å²) in [5.41, 5.74) is 3.24. The van der Waals surface area contributed by atoms with Crippen molar-refractivity contribution in [2.45, 2.75) is 33.5 Å². The first-order valence-corrected chi connectivity index (χ1v) is 9.07. The number of carbonyl (C=O) groups excluding carboxylic acids is 3. The third-order valence-electron chi connectivity index (χ3n) is 4.29. The summed E-state index contributed by atoms with van der Waals surface area (Å²) < 4.78 is 10.1. The van der Waals surface area contributed by atoms with Crippen molar-refractivity contribution in [2.75, 3.05) is 10.6 Å². The summed E-state index contributed by atoms with van der Waals surface area (Å²) in [6, 6.07) is 12.5. The van der Waals surface area contributed by atoms with Crippen molar-refractivity contribution in [2.24, 2.45) is 0 Å². The van der Waals surface area contributed by atoms with Gasteiger partial charge in [0.15, 0.2) is 5.57 Å². The van der Waals surface area contributed by atoms with Crippen molar-refractivity contribution in [1.29, 1.82) is 0 Å². The SMILES string of the molecule is Cc1ccc(NC(=O)c2ccccc2NC=C2C(=O)OC(C)(C)OC2=O)c(C)c1. The first-order chi connectivity index (χ1) is 13.7. The number of esters is 2. The van der Waals surface area contributed by atoms with E-state index in [-0.39, 0.29) is 11.5 Å². The first kappa shape index (κ1) is 20.1. The van der Waals surface area contributed by atoms with Crippen molar-refractivity contribution in [3.8, 4) is 0 Å². The van der Waals surface area contributed by atoms with Gasteiger partial charge < -0.3 is 20.1 Å². The van der Waals surface area contributed by atoms with Gasteiger partial charge in [0, 0.05) is 25.7 Å². The van der Waals surface area contributed by atoms with Crippen molar-refractivity contribution in [3.05, 3.63) is 70.9 Å². The van der Waals surface area contributed by atoms with Crippen molar-refractivity contribution in [3.63, 3.8) is 0 Å². The van der Waals surface area contributed by atoms with E-state index in [1.54, 1.807) is 24.3 Å². The molecule has 2 aromatic rings. The zero-order valence-corrected chi connectivity index (χ0v) is 16.7. The standard InChI is InChI=1S/C22H22N2O5/c1-13-9-10-17(14(2)11-13)24-19(25)15-7-5-6-8-18(15)23-12-16-20(26)28-22(3,4)29-21(16)27/h5-12,23H,1-4H3,(H,24,25). The van der Waals surface area contributed by atoms with Crippen LogP contribution in [0.4, 0.5) is 11.4 Å². The smallest absolute Gasteiger partial charge is 0.350 e. The Bertz CT molecular complexity index is 1000. The Morgan fingerprint density at radius 2 is 1.62 bits per heavy atom. The van der Waals surface area contributed by atoms with Crippen LogP contribution in [0.3, 0.4) is 0 Å². The molecule has 29 heavy (non-hydrogen) atoms. The molecule has 7 nitrogen and oxygen atoms in total. The highest BCUT2D eigenvalue weighted by Crippen LogP contribution is 2.24. The maximum Gasteiger partial charge on any atom is 0.350 e. The van der Waals surface area contributed by atoms with Crippen LogP contribution in [0.5, 0.6) is 0 Å². The van der Waals surface area contributed by atoms with E-state index in [0.29, 0.717) is 16.9 Å². The summed E-state index contributed by atoms with van der Waals surface area (Å²) in [6.07, 6.45) is 1.18. The van der Waals surface area contributed by atoms with Crippen molar-refractivity contribution >= 4 is 29.2 Å². The maximum absolute atomic E-state index is 12.8. The summed E-state index contributed by atoms with van der Waals surface area (Å²) in [4.78, 5) is 36.9. The minimum absolute atomic E-state index is 0.283. The van der Waals surface area contributed by atoms with Gasteiger partial charge in [0.2, 0.25) is 0 Å². The number of anilines is 2. The van der Waals surface area contributed by atoms with Crippen molar-refractivity contribution < 1.29 is 23.9 Å². The minimum atomic E-state index is -1.31. The van der Waals surface area contributed by atoms with E-state index < -0.39 is 17.7 Å². The molecule has 2 N–H and O–H groups in total. The molecule has 0 unspecified atom stereocenters. The molecule has 0 radical (unpaired) electrons. The Kier molecular flexibility index (Phi) is 5.41. The van der Waals surface area contributed by atoms with Gasteiger partial charge in [-0.25, -0.2) is 9.59 Å². The summed E-state index contributed by atoms with van der Waals surface area (Å²) in [5, 5.41) is 5.71. The molecule has 1 saturated heterocycles. The fraction of sp³-hybridized carbons (Fsp3) is 0.227. The first-order valence-electron chi connectivity index (χ1n) is 9.07. The van der Waals surface area contributed by atoms with E-state index in [1.165, 1.54) is 20.0 Å². The van der Waals surface area contributed by atoms with Crippen LogP contribution in [0.2, 0.25) is 0 Å². The van der Waals surface area contributed by atoms with E-state index in [1.807, 2.05) is 32.0 Å². The summed E-state index contributed by atoms with van der Waals surface area (Å²) in [6.45, 7) is 6.84. The Morgan fingerprint density at radius 3 is 2.28 bits per heavy atom. The summed E-state index contributed by atoms with van der Waals surface area (Å²) >= 11 is 0. The van der Waals surface area contributed by atoms with Gasteiger partial charge in [0.05, 0.1) is 11.3 Å². The largest absolute Gasteiger partial charge is 0.419 e. The van der Waals surface area contributed by atoms with Gasteiger partial charge in [-0.3, -0.25) is 4.79 Å². The van der Waals surface area contributed by atoms with Crippen LogP contribution in [0, 0.1) is 13.8 Å². The zero-order valence-electron chi connectivity index (χ0n) is 16.7. The number of rotatable bonds is 4. The number of hydrogen-bond donors (Lipinski definition) is 2. The number of ether oxygens (including phenoxy) is 2. The lowest BCUT2D eigenvalue weighted by atomic mass is 10.1. The van der Waals surface area contributed by atoms with Gasteiger partial charge >= 0.3 is 11.9 Å². The van der Waals surface area contributed by atoms with E-state index in [9.17, 15) is 14.4 Å². The number of nitrogens with one attached hydrogen (secondary N) is 2. The lowest BCUT2D eigenvalue weighted by molar-refractivity contribution is -0.222. The number of para-hydroxylation sites is 1. The lowest BCUT2D eigenvalue weighted by Crippen LogP contribution is -2.42. The molecule has 150 valence electrons.